The molecule has 0 fully saturated rings. The molecule has 27 heavy (non-hydrogen) atoms. The Morgan fingerprint density at radius 3 is 2.48 bits per heavy atom. The maximum atomic E-state index is 12.2. The van der Waals surface area contributed by atoms with Crippen molar-refractivity contribution in [2.45, 2.75) is 18.4 Å². The molecule has 0 saturated heterocycles. The van der Waals surface area contributed by atoms with Crippen molar-refractivity contribution in [3.63, 3.8) is 0 Å². The van der Waals surface area contributed by atoms with Gasteiger partial charge in [0.05, 0.1) is 19.8 Å². The van der Waals surface area contributed by atoms with Crippen molar-refractivity contribution in [1.82, 2.24) is 5.32 Å². The molecule has 0 radical (unpaired) electrons. The van der Waals surface area contributed by atoms with E-state index in [4.69, 9.17) is 14.2 Å². The van der Waals surface area contributed by atoms with Gasteiger partial charge in [-0.25, -0.2) is 4.79 Å². The number of carbonyl (C=O) groups excluding carboxylic acids is 2. The van der Waals surface area contributed by atoms with E-state index in [0.29, 0.717) is 23.6 Å². The largest absolute Gasteiger partial charge is 0.493 e. The van der Waals surface area contributed by atoms with E-state index in [1.54, 1.807) is 50.2 Å². The summed E-state index contributed by atoms with van der Waals surface area (Å²) in [4.78, 5) is 25.1. The average molecular weight is 389 g/mol. The molecule has 2 aromatic rings. The first kappa shape index (κ1) is 20.6. The molecule has 7 heteroatoms. The normalized spacial score (nSPS) is 10.2. The maximum Gasteiger partial charge on any atom is 0.339 e. The Morgan fingerprint density at radius 2 is 1.78 bits per heavy atom. The average Bonchev–Trinajstić information content (AvgIpc) is 2.70. The fraction of sp³-hybridized carbons (Fsp3) is 0.300. The fourth-order valence-electron chi connectivity index (χ4n) is 2.37. The number of ether oxygens (including phenoxy) is 3. The summed E-state index contributed by atoms with van der Waals surface area (Å²) in [5.74, 6) is 1.16. The topological polar surface area (TPSA) is 73.9 Å². The van der Waals surface area contributed by atoms with Gasteiger partial charge in [0.1, 0.15) is 0 Å². The van der Waals surface area contributed by atoms with Gasteiger partial charge in [0.2, 0.25) is 0 Å². The van der Waals surface area contributed by atoms with E-state index in [-0.39, 0.29) is 12.5 Å². The number of benzene rings is 2. The quantitative estimate of drug-likeness (QED) is 0.524. The number of nitrogens with one attached hydrogen (secondary N) is 1. The minimum Gasteiger partial charge on any atom is -0.493 e. The molecule has 144 valence electrons. The van der Waals surface area contributed by atoms with Crippen molar-refractivity contribution in [3.8, 4) is 11.5 Å². The van der Waals surface area contributed by atoms with E-state index in [1.165, 1.54) is 0 Å². The van der Waals surface area contributed by atoms with Crippen LogP contribution in [0.15, 0.2) is 47.4 Å². The van der Waals surface area contributed by atoms with Gasteiger partial charge < -0.3 is 19.5 Å². The summed E-state index contributed by atoms with van der Waals surface area (Å²) in [6.45, 7) is 1.96. The Bertz CT molecular complexity index is 794. The first-order valence-corrected chi connectivity index (χ1v) is 9.44. The number of carbonyl (C=O) groups is 2. The first-order chi connectivity index (χ1) is 13.1. The second-order valence-corrected chi connectivity index (χ2v) is 6.78. The molecule has 2 aromatic carbocycles. The van der Waals surface area contributed by atoms with Gasteiger partial charge in [-0.2, -0.15) is 0 Å². The van der Waals surface area contributed by atoms with Crippen LogP contribution in [0.5, 0.6) is 11.5 Å². The van der Waals surface area contributed by atoms with E-state index < -0.39 is 5.97 Å². The highest BCUT2D eigenvalue weighted by atomic mass is 32.2. The highest BCUT2D eigenvalue weighted by Crippen LogP contribution is 2.27. The summed E-state index contributed by atoms with van der Waals surface area (Å²) in [7, 11) is 3.11. The lowest BCUT2D eigenvalue weighted by atomic mass is 10.2. The van der Waals surface area contributed by atoms with Crippen molar-refractivity contribution in [2.75, 3.05) is 26.6 Å². The van der Waals surface area contributed by atoms with Crippen LogP contribution in [0.2, 0.25) is 0 Å². The van der Waals surface area contributed by atoms with E-state index in [9.17, 15) is 9.59 Å². The van der Waals surface area contributed by atoms with Crippen LogP contribution in [0.1, 0.15) is 22.8 Å². The summed E-state index contributed by atoms with van der Waals surface area (Å²) >= 11 is 1.55. The molecule has 0 saturated carbocycles. The molecular formula is C20H23NO5S. The smallest absolute Gasteiger partial charge is 0.339 e. The van der Waals surface area contributed by atoms with Gasteiger partial charge >= 0.3 is 5.97 Å². The molecule has 0 unspecified atom stereocenters. The molecule has 1 N–H and O–H groups in total. The van der Waals surface area contributed by atoms with Gasteiger partial charge in [-0.3, -0.25) is 4.79 Å². The predicted molar refractivity (Wildman–Crippen MR) is 105 cm³/mol. The summed E-state index contributed by atoms with van der Waals surface area (Å²) < 4.78 is 15.6. The van der Waals surface area contributed by atoms with Crippen LogP contribution in [0.25, 0.3) is 0 Å². The van der Waals surface area contributed by atoms with Crippen LogP contribution in [-0.4, -0.2) is 38.5 Å². The van der Waals surface area contributed by atoms with Gasteiger partial charge in [0, 0.05) is 11.4 Å². The number of methoxy groups -OCH3 is 2. The minimum absolute atomic E-state index is 0.291. The Labute approximate surface area is 163 Å². The molecule has 0 aliphatic carbocycles. The van der Waals surface area contributed by atoms with Crippen molar-refractivity contribution in [2.24, 2.45) is 0 Å². The summed E-state index contributed by atoms with van der Waals surface area (Å²) in [6, 6.07) is 12.6. The van der Waals surface area contributed by atoms with E-state index in [0.717, 1.165) is 16.2 Å². The number of rotatable bonds is 9. The van der Waals surface area contributed by atoms with Gasteiger partial charge in [0.15, 0.2) is 18.1 Å². The van der Waals surface area contributed by atoms with Crippen molar-refractivity contribution in [1.29, 1.82) is 0 Å². The predicted octanol–water partition coefficient (Wildman–Crippen LogP) is 3.29. The number of hydrogen-bond donors (Lipinski definition) is 1. The van der Waals surface area contributed by atoms with Gasteiger partial charge in [-0.1, -0.05) is 25.1 Å². The molecule has 0 aromatic heterocycles. The summed E-state index contributed by atoms with van der Waals surface area (Å²) in [5, 5.41) is 2.72. The van der Waals surface area contributed by atoms with Crippen LogP contribution in [-0.2, 0) is 16.1 Å². The maximum absolute atomic E-state index is 12.2. The van der Waals surface area contributed by atoms with Crippen molar-refractivity contribution < 1.29 is 23.8 Å². The van der Waals surface area contributed by atoms with Crippen molar-refractivity contribution in [3.05, 3.63) is 53.6 Å². The molecule has 0 spiro atoms. The summed E-state index contributed by atoms with van der Waals surface area (Å²) in [6.07, 6.45) is 0. The molecule has 0 aliphatic rings. The second-order valence-electron chi connectivity index (χ2n) is 5.47. The van der Waals surface area contributed by atoms with E-state index in [2.05, 4.69) is 5.32 Å². The fourth-order valence-corrected chi connectivity index (χ4v) is 3.16. The standard InChI is InChI=1S/C20H23NO5S/c1-4-27-18-8-6-5-7-15(18)20(23)26-13-19(22)21-12-14-9-10-16(24-2)17(11-14)25-3/h5-11H,4,12-13H2,1-3H3,(H,21,22). The lowest BCUT2D eigenvalue weighted by Crippen LogP contribution is -2.28. The number of thioether (sulfide) groups is 1. The van der Waals surface area contributed by atoms with Crippen LogP contribution in [0.4, 0.5) is 0 Å². The SMILES string of the molecule is CCSc1ccccc1C(=O)OCC(=O)NCc1ccc(OC)c(OC)c1. The molecule has 0 atom stereocenters. The number of amides is 1. The number of esters is 1. The zero-order valence-electron chi connectivity index (χ0n) is 15.6. The second kappa shape index (κ2) is 10.5. The Kier molecular flexibility index (Phi) is 8.00. The Hall–Kier alpha value is -2.67. The molecule has 0 bridgehead atoms. The van der Waals surface area contributed by atoms with E-state index in [1.807, 2.05) is 25.1 Å². The monoisotopic (exact) mass is 389 g/mol. The van der Waals surface area contributed by atoms with Gasteiger partial charge in [-0.15, -0.1) is 11.8 Å². The Morgan fingerprint density at radius 1 is 1.04 bits per heavy atom. The Balaban J connectivity index is 1.87. The number of hydrogen-bond acceptors (Lipinski definition) is 6. The van der Waals surface area contributed by atoms with Gasteiger partial charge in [0.25, 0.3) is 5.91 Å². The molecule has 0 heterocycles. The van der Waals surface area contributed by atoms with Crippen LogP contribution < -0.4 is 14.8 Å². The highest BCUT2D eigenvalue weighted by molar-refractivity contribution is 7.99. The zero-order valence-corrected chi connectivity index (χ0v) is 16.4. The lowest BCUT2D eigenvalue weighted by Gasteiger charge is -2.11. The molecule has 2 rings (SSSR count). The zero-order chi connectivity index (χ0) is 19.6. The molecular weight excluding hydrogens is 366 g/mol. The minimum atomic E-state index is -0.507. The van der Waals surface area contributed by atoms with Crippen molar-refractivity contribution >= 4 is 23.6 Å². The van der Waals surface area contributed by atoms with Crippen LogP contribution in [0, 0.1) is 0 Å². The van der Waals surface area contributed by atoms with E-state index >= 15 is 0 Å². The van der Waals surface area contributed by atoms with Crippen LogP contribution in [0.3, 0.4) is 0 Å². The molecule has 6 nitrogen and oxygen atoms in total. The lowest BCUT2D eigenvalue weighted by molar-refractivity contribution is -0.124. The third kappa shape index (κ3) is 5.92. The molecule has 0 aliphatic heterocycles. The third-order valence-corrected chi connectivity index (χ3v) is 4.63. The highest BCUT2D eigenvalue weighted by Gasteiger charge is 2.14. The summed E-state index contributed by atoms with van der Waals surface area (Å²) in [5.41, 5.74) is 1.31. The van der Waals surface area contributed by atoms with Crippen LogP contribution >= 0.6 is 11.8 Å². The molecule has 1 amide bonds. The third-order valence-electron chi connectivity index (χ3n) is 3.68. The van der Waals surface area contributed by atoms with Gasteiger partial charge in [-0.05, 0) is 35.6 Å². The first-order valence-electron chi connectivity index (χ1n) is 8.45.